The average molecular weight is 643 g/mol. The van der Waals surface area contributed by atoms with Crippen molar-refractivity contribution in [2.45, 2.75) is 81.4 Å². The number of aliphatic hydroxyl groups excluding tert-OH is 1. The molecule has 1 aromatic heterocycles. The van der Waals surface area contributed by atoms with Crippen molar-refractivity contribution in [1.29, 1.82) is 0 Å². The molecule has 3 fully saturated rings. The molecule has 3 aliphatic heterocycles. The number of alkyl halides is 2. The van der Waals surface area contributed by atoms with Gasteiger partial charge in [-0.3, -0.25) is 23.7 Å². The van der Waals surface area contributed by atoms with Crippen LogP contribution in [0, 0.1) is 0 Å². The van der Waals surface area contributed by atoms with Gasteiger partial charge in [0.05, 0.1) is 17.0 Å². The fraction of sp³-hybridized carbons (Fsp3) is 0.556. The van der Waals surface area contributed by atoms with Crippen LogP contribution in [-0.4, -0.2) is 91.7 Å². The predicted octanol–water partition coefficient (Wildman–Crippen LogP) is 1.87. The number of β-amino-alcohol motifs (C(OH)–C–C–N with tert-alkyl or cyclic N) is 1. The largest absolute Gasteiger partial charge is 0.399 e. The van der Waals surface area contributed by atoms with Crippen LogP contribution >= 0.6 is 18.9 Å². The Labute approximate surface area is 249 Å². The van der Waals surface area contributed by atoms with Crippen LogP contribution < -0.4 is 10.6 Å². The second-order valence-corrected chi connectivity index (χ2v) is 14.1. The van der Waals surface area contributed by atoms with Crippen molar-refractivity contribution in [2.24, 2.45) is 0 Å². The molecule has 12 nitrogen and oxygen atoms in total. The van der Waals surface area contributed by atoms with Gasteiger partial charge >= 0.3 is 13.3 Å². The number of thiophene rings is 1. The lowest BCUT2D eigenvalue weighted by molar-refractivity contribution is -0.143. The Balaban J connectivity index is 1.31. The van der Waals surface area contributed by atoms with Gasteiger partial charge in [0.1, 0.15) is 12.1 Å². The molecule has 43 heavy (non-hydrogen) atoms. The highest BCUT2D eigenvalue weighted by molar-refractivity contribution is 7.52. The molecule has 234 valence electrons. The summed E-state index contributed by atoms with van der Waals surface area (Å²) < 4.78 is 40.2. The lowest BCUT2D eigenvalue weighted by atomic mass is 9.99. The molecule has 0 saturated carbocycles. The maximum atomic E-state index is 14.2. The number of rotatable bonds is 6. The minimum Gasteiger partial charge on any atom is -0.389 e. The summed E-state index contributed by atoms with van der Waals surface area (Å²) in [6.45, 7) is 1.65. The average Bonchev–Trinajstić information content (AvgIpc) is 3.64. The topological polar surface area (TPSA) is 177 Å². The fourth-order valence-electron chi connectivity index (χ4n) is 6.13. The van der Waals surface area contributed by atoms with Crippen molar-refractivity contribution >= 4 is 52.6 Å². The van der Waals surface area contributed by atoms with Crippen molar-refractivity contribution in [3.63, 3.8) is 0 Å². The first kappa shape index (κ1) is 31.5. The molecule has 5 rings (SSSR count). The third-order valence-corrected chi connectivity index (χ3v) is 10.6. The molecule has 4 heterocycles. The fourth-order valence-corrected chi connectivity index (χ4v) is 7.55. The molecule has 1 unspecified atom stereocenters. The van der Waals surface area contributed by atoms with E-state index in [0.717, 1.165) is 29.9 Å². The number of nitrogens with zero attached hydrogens (tertiary/aromatic N) is 2. The number of hydrogen-bond donors (Lipinski definition) is 5. The summed E-state index contributed by atoms with van der Waals surface area (Å²) in [4.78, 5) is 73.3. The summed E-state index contributed by atoms with van der Waals surface area (Å²) in [6.07, 6.45) is 2.58. The van der Waals surface area contributed by atoms with E-state index in [2.05, 4.69) is 10.6 Å². The van der Waals surface area contributed by atoms with Crippen LogP contribution in [0.4, 0.5) is 8.78 Å². The van der Waals surface area contributed by atoms with E-state index in [1.807, 2.05) is 0 Å². The first-order valence-corrected chi connectivity index (χ1v) is 16.4. The zero-order chi connectivity index (χ0) is 31.3. The molecule has 16 heteroatoms. The lowest BCUT2D eigenvalue weighted by Crippen LogP contribution is -2.58. The number of benzene rings is 1. The van der Waals surface area contributed by atoms with E-state index < -0.39 is 60.8 Å². The number of fused-ring (bicyclic) bond motifs is 2. The van der Waals surface area contributed by atoms with Crippen molar-refractivity contribution in [3.8, 4) is 0 Å². The summed E-state index contributed by atoms with van der Waals surface area (Å²) in [6, 6.07) is 1.83. The monoisotopic (exact) mass is 642 g/mol. The maximum Gasteiger partial charge on any atom is 0.399 e. The Morgan fingerprint density at radius 1 is 1.05 bits per heavy atom. The molecule has 0 aliphatic carbocycles. The Bertz CT molecular complexity index is 1500. The van der Waals surface area contributed by atoms with Crippen LogP contribution in [0.1, 0.15) is 60.7 Å². The second kappa shape index (κ2) is 11.8. The quantitative estimate of drug-likeness (QED) is 0.297. The number of aliphatic hydroxyl groups is 1. The van der Waals surface area contributed by atoms with Crippen molar-refractivity contribution in [1.82, 2.24) is 20.4 Å². The minimum absolute atomic E-state index is 0.107. The number of halogens is 2. The highest BCUT2D eigenvalue weighted by Crippen LogP contribution is 2.59. The number of nitrogens with one attached hydrogen (secondary N) is 2. The SMILES string of the molecule is CC(=O)N1CC(NC(=O)[C@@H]2CC[C@@H]3CCCC[C@H](NC(=O)c4cc5cc(C(F)(F)P(=O)(O)O)ccc5s4)C(=O)N32)[C@@H](O)C1. The summed E-state index contributed by atoms with van der Waals surface area (Å²) in [7, 11) is -5.77. The number of hydrogen-bond acceptors (Lipinski definition) is 7. The molecule has 0 spiro atoms. The van der Waals surface area contributed by atoms with Gasteiger partial charge in [-0.25, -0.2) is 0 Å². The Hall–Kier alpha value is -2.97. The van der Waals surface area contributed by atoms with Crippen LogP contribution in [0.3, 0.4) is 0 Å². The first-order valence-electron chi connectivity index (χ1n) is 14.0. The standard InChI is InChI=1S/C27H33F2N4O8PS/c1-14(34)32-12-19(21(35)13-32)31-24(36)20-8-7-17-4-2-3-5-18(26(38)33(17)20)30-25(37)23-11-15-10-16(6-9-22(15)43-23)27(28,29)42(39,40)41/h6,9-11,17-21,35H,2-5,7-8,12-13H2,1H3,(H,30,37)(H,31,36)(H2,39,40,41)/t17-,18-,19?,20-,21-/m0/s1. The normalized spacial score (nSPS) is 26.7. The Morgan fingerprint density at radius 2 is 1.77 bits per heavy atom. The van der Waals surface area contributed by atoms with E-state index in [1.54, 1.807) is 0 Å². The zero-order valence-electron chi connectivity index (χ0n) is 23.2. The summed E-state index contributed by atoms with van der Waals surface area (Å²) in [5.74, 6) is -1.66. The van der Waals surface area contributed by atoms with Gasteiger partial charge in [-0.05, 0) is 49.3 Å². The van der Waals surface area contributed by atoms with Crippen molar-refractivity contribution in [2.75, 3.05) is 13.1 Å². The summed E-state index contributed by atoms with van der Waals surface area (Å²) in [5.41, 5.74) is -5.27. The van der Waals surface area contributed by atoms with E-state index in [9.17, 15) is 37.6 Å². The van der Waals surface area contributed by atoms with E-state index in [0.29, 0.717) is 36.8 Å². The summed E-state index contributed by atoms with van der Waals surface area (Å²) >= 11 is 0.985. The first-order chi connectivity index (χ1) is 20.2. The van der Waals surface area contributed by atoms with Crippen molar-refractivity contribution < 1.29 is 47.4 Å². The van der Waals surface area contributed by atoms with Gasteiger partial charge in [0.15, 0.2) is 0 Å². The highest BCUT2D eigenvalue weighted by atomic mass is 32.1. The van der Waals surface area contributed by atoms with Crippen LogP contribution in [-0.2, 0) is 24.6 Å². The number of carbonyl (C=O) groups is 4. The van der Waals surface area contributed by atoms with Crippen LogP contribution in [0.5, 0.6) is 0 Å². The van der Waals surface area contributed by atoms with Crippen LogP contribution in [0.2, 0.25) is 0 Å². The molecule has 5 atom stereocenters. The lowest BCUT2D eigenvalue weighted by Gasteiger charge is -2.35. The Morgan fingerprint density at radius 3 is 2.44 bits per heavy atom. The third-order valence-electron chi connectivity index (χ3n) is 8.46. The molecule has 2 aromatic rings. The van der Waals surface area contributed by atoms with Crippen LogP contribution in [0.25, 0.3) is 10.1 Å². The molecular weight excluding hydrogens is 609 g/mol. The third kappa shape index (κ3) is 6.18. The second-order valence-electron chi connectivity index (χ2n) is 11.4. The predicted molar refractivity (Wildman–Crippen MR) is 151 cm³/mol. The molecule has 0 bridgehead atoms. The van der Waals surface area contributed by atoms with Gasteiger partial charge in [0.2, 0.25) is 17.7 Å². The Kier molecular flexibility index (Phi) is 8.67. The van der Waals surface area contributed by atoms with E-state index in [1.165, 1.54) is 28.9 Å². The molecule has 5 N–H and O–H groups in total. The minimum atomic E-state index is -5.77. The van der Waals surface area contributed by atoms with Gasteiger partial charge in [-0.15, -0.1) is 11.3 Å². The van der Waals surface area contributed by atoms with Gasteiger partial charge < -0.3 is 35.3 Å². The molecular formula is C27H33F2N4O8PS. The van der Waals surface area contributed by atoms with Crippen LogP contribution in [0.15, 0.2) is 24.3 Å². The molecule has 3 saturated heterocycles. The molecule has 1 aromatic carbocycles. The molecule has 4 amide bonds. The zero-order valence-corrected chi connectivity index (χ0v) is 25.0. The smallest absolute Gasteiger partial charge is 0.389 e. The number of carbonyl (C=O) groups excluding carboxylic acids is 4. The molecule has 3 aliphatic rings. The molecule has 0 radical (unpaired) electrons. The summed E-state index contributed by atoms with van der Waals surface area (Å²) in [5, 5.41) is 16.1. The van der Waals surface area contributed by atoms with Gasteiger partial charge in [-0.1, -0.05) is 18.9 Å². The van der Waals surface area contributed by atoms with Gasteiger partial charge in [0.25, 0.3) is 5.91 Å². The van der Waals surface area contributed by atoms with E-state index >= 15 is 0 Å². The van der Waals surface area contributed by atoms with Gasteiger partial charge in [0, 0.05) is 36.3 Å². The maximum absolute atomic E-state index is 14.2. The van der Waals surface area contributed by atoms with E-state index in [4.69, 9.17) is 9.79 Å². The highest BCUT2D eigenvalue weighted by Gasteiger charge is 2.50. The number of likely N-dealkylation sites (tertiary alicyclic amines) is 1. The number of amides is 4. The van der Waals surface area contributed by atoms with E-state index in [-0.39, 0.29) is 35.3 Å². The van der Waals surface area contributed by atoms with Gasteiger partial charge in [-0.2, -0.15) is 8.78 Å². The van der Waals surface area contributed by atoms with Crippen molar-refractivity contribution in [3.05, 3.63) is 34.7 Å².